The lowest BCUT2D eigenvalue weighted by molar-refractivity contribution is 0.393. The van der Waals surface area contributed by atoms with E-state index in [0.29, 0.717) is 35.9 Å². The fourth-order valence-electron chi connectivity index (χ4n) is 2.66. The molecule has 0 aromatic carbocycles. The Morgan fingerprint density at radius 1 is 1.52 bits per heavy atom. The highest BCUT2D eigenvalue weighted by Crippen LogP contribution is 2.29. The van der Waals surface area contributed by atoms with Crippen LogP contribution in [0.1, 0.15) is 21.8 Å². The van der Waals surface area contributed by atoms with Gasteiger partial charge in [0.1, 0.15) is 4.90 Å². The van der Waals surface area contributed by atoms with Crippen LogP contribution in [0.3, 0.4) is 0 Å². The van der Waals surface area contributed by atoms with Gasteiger partial charge in [0, 0.05) is 24.5 Å². The molecule has 6 nitrogen and oxygen atoms in total. The number of fused-ring (bicyclic) bond motifs is 1. The van der Waals surface area contributed by atoms with E-state index in [1.54, 1.807) is 29.6 Å². The molecule has 3 rings (SSSR count). The average molecular weight is 326 g/mol. The molecule has 0 atom stereocenters. The average Bonchev–Trinajstić information content (AvgIpc) is 3.05. The van der Waals surface area contributed by atoms with Crippen LogP contribution in [0.15, 0.2) is 16.3 Å². The Morgan fingerprint density at radius 2 is 2.33 bits per heavy atom. The number of hydrogen-bond acceptors (Lipinski definition) is 5. The quantitative estimate of drug-likeness (QED) is 0.886. The van der Waals surface area contributed by atoms with E-state index in [1.165, 1.54) is 4.88 Å². The van der Waals surface area contributed by atoms with Crippen LogP contribution in [0.2, 0.25) is 0 Å². The van der Waals surface area contributed by atoms with Gasteiger partial charge in [-0.1, -0.05) is 0 Å². The minimum absolute atomic E-state index is 0.315. The van der Waals surface area contributed by atoms with Crippen LogP contribution in [0, 0.1) is 6.92 Å². The Hall–Kier alpha value is -1.22. The van der Waals surface area contributed by atoms with Crippen molar-refractivity contribution in [2.45, 2.75) is 31.3 Å². The topological polar surface area (TPSA) is 78.1 Å². The van der Waals surface area contributed by atoms with E-state index < -0.39 is 10.0 Å². The Kier molecular flexibility index (Phi) is 3.87. The summed E-state index contributed by atoms with van der Waals surface area (Å²) in [6.45, 7) is 3.15. The molecule has 2 aromatic heterocycles. The molecule has 2 N–H and O–H groups in total. The van der Waals surface area contributed by atoms with Gasteiger partial charge in [0.05, 0.1) is 11.4 Å². The molecule has 0 aliphatic carbocycles. The van der Waals surface area contributed by atoms with Crippen molar-refractivity contribution in [3.63, 3.8) is 0 Å². The summed E-state index contributed by atoms with van der Waals surface area (Å²) in [6.07, 6.45) is 0.782. The second-order valence-corrected chi connectivity index (χ2v) is 7.99. The van der Waals surface area contributed by atoms with Gasteiger partial charge in [0.15, 0.2) is 0 Å². The summed E-state index contributed by atoms with van der Waals surface area (Å²) in [6, 6.07) is 2.01. The maximum atomic E-state index is 12.9. The first-order valence-corrected chi connectivity index (χ1v) is 9.10. The van der Waals surface area contributed by atoms with Crippen LogP contribution >= 0.6 is 11.3 Å². The normalized spacial score (nSPS) is 16.1. The molecule has 114 valence electrons. The van der Waals surface area contributed by atoms with Gasteiger partial charge in [-0.3, -0.25) is 5.10 Å². The summed E-state index contributed by atoms with van der Waals surface area (Å²) in [7, 11) is -1.74. The minimum atomic E-state index is -3.52. The van der Waals surface area contributed by atoms with E-state index in [2.05, 4.69) is 15.5 Å². The van der Waals surface area contributed by atoms with Gasteiger partial charge >= 0.3 is 0 Å². The highest BCUT2D eigenvalue weighted by Gasteiger charge is 2.33. The number of thiophene rings is 1. The molecule has 21 heavy (non-hydrogen) atoms. The fraction of sp³-hybridized carbons (Fsp3) is 0.462. The van der Waals surface area contributed by atoms with Crippen molar-refractivity contribution in [2.75, 3.05) is 13.6 Å². The first-order valence-electron chi connectivity index (χ1n) is 6.78. The van der Waals surface area contributed by atoms with Crippen molar-refractivity contribution in [3.05, 3.63) is 33.3 Å². The summed E-state index contributed by atoms with van der Waals surface area (Å²) in [5.74, 6) is 0. The zero-order chi connectivity index (χ0) is 15.0. The van der Waals surface area contributed by atoms with Crippen LogP contribution in [0.25, 0.3) is 0 Å². The number of sulfonamides is 1. The summed E-state index contributed by atoms with van der Waals surface area (Å²) in [4.78, 5) is 1.61. The molecular weight excluding hydrogens is 308 g/mol. The van der Waals surface area contributed by atoms with Gasteiger partial charge in [-0.15, -0.1) is 11.3 Å². The van der Waals surface area contributed by atoms with Gasteiger partial charge in [-0.2, -0.15) is 9.40 Å². The smallest absolute Gasteiger partial charge is 0.247 e. The molecule has 1 aliphatic heterocycles. The summed E-state index contributed by atoms with van der Waals surface area (Å²) in [5, 5.41) is 11.9. The van der Waals surface area contributed by atoms with E-state index >= 15 is 0 Å². The number of hydrogen-bond donors (Lipinski definition) is 2. The van der Waals surface area contributed by atoms with Crippen molar-refractivity contribution in [3.8, 4) is 0 Å². The lowest BCUT2D eigenvalue weighted by Crippen LogP contribution is -2.36. The largest absolute Gasteiger partial charge is 0.314 e. The Morgan fingerprint density at radius 3 is 3.10 bits per heavy atom. The molecule has 3 heterocycles. The number of rotatable bonds is 4. The lowest BCUT2D eigenvalue weighted by atomic mass is 10.1. The lowest BCUT2D eigenvalue weighted by Gasteiger charge is -2.26. The number of H-pyrrole nitrogens is 1. The number of nitrogens with one attached hydrogen (secondary N) is 2. The second kappa shape index (κ2) is 5.53. The van der Waals surface area contributed by atoms with Gasteiger partial charge in [0.2, 0.25) is 10.0 Å². The fourth-order valence-corrected chi connectivity index (χ4v) is 5.29. The zero-order valence-electron chi connectivity index (χ0n) is 12.0. The molecule has 0 saturated heterocycles. The summed E-state index contributed by atoms with van der Waals surface area (Å²) in [5.41, 5.74) is 2.26. The molecule has 1 aliphatic rings. The molecular formula is C13H18N4O2S2. The standard InChI is InChI=1S/C13H18N4O2S2/c1-9-13(11(7-14-2)16-15-9)21(18,19)17-5-3-12-10(8-17)4-6-20-12/h4,6,14H,3,5,7-8H2,1-2H3,(H,15,16). The van der Waals surface area contributed by atoms with Gasteiger partial charge in [-0.25, -0.2) is 8.42 Å². The Bertz CT molecular complexity index is 748. The van der Waals surface area contributed by atoms with Crippen LogP contribution in [-0.4, -0.2) is 36.5 Å². The highest BCUT2D eigenvalue weighted by atomic mass is 32.2. The monoisotopic (exact) mass is 326 g/mol. The molecule has 0 fully saturated rings. The van der Waals surface area contributed by atoms with E-state index in [0.717, 1.165) is 12.0 Å². The third-order valence-corrected chi connectivity index (χ3v) is 6.75. The highest BCUT2D eigenvalue weighted by molar-refractivity contribution is 7.89. The third kappa shape index (κ3) is 2.52. The predicted octanol–water partition coefficient (Wildman–Crippen LogP) is 1.25. The van der Waals surface area contributed by atoms with E-state index in [1.807, 2.05) is 11.4 Å². The summed E-state index contributed by atoms with van der Waals surface area (Å²) < 4.78 is 27.4. The van der Waals surface area contributed by atoms with Crippen molar-refractivity contribution >= 4 is 21.4 Å². The van der Waals surface area contributed by atoms with E-state index in [9.17, 15) is 8.42 Å². The number of aromatic amines is 1. The van der Waals surface area contributed by atoms with Crippen molar-refractivity contribution in [1.29, 1.82) is 0 Å². The van der Waals surface area contributed by atoms with Gasteiger partial charge in [0.25, 0.3) is 0 Å². The van der Waals surface area contributed by atoms with E-state index in [-0.39, 0.29) is 0 Å². The van der Waals surface area contributed by atoms with Crippen LogP contribution in [0.5, 0.6) is 0 Å². The molecule has 2 aromatic rings. The first kappa shape index (κ1) is 14.7. The van der Waals surface area contributed by atoms with Crippen molar-refractivity contribution in [1.82, 2.24) is 19.8 Å². The van der Waals surface area contributed by atoms with E-state index in [4.69, 9.17) is 0 Å². The SMILES string of the molecule is CNCc1n[nH]c(C)c1S(=O)(=O)N1CCc2sccc2C1. The van der Waals surface area contributed by atoms with Crippen molar-refractivity contribution < 1.29 is 8.42 Å². The molecule has 0 spiro atoms. The molecule has 0 saturated carbocycles. The maximum absolute atomic E-state index is 12.9. The Balaban J connectivity index is 1.97. The number of aromatic nitrogens is 2. The summed E-state index contributed by atoms with van der Waals surface area (Å²) >= 11 is 1.70. The molecule has 0 amide bonds. The van der Waals surface area contributed by atoms with Crippen LogP contribution in [-0.2, 0) is 29.5 Å². The second-order valence-electron chi connectivity index (χ2n) is 5.11. The Labute approximate surface area is 128 Å². The first-order chi connectivity index (χ1) is 10.0. The molecule has 0 unspecified atom stereocenters. The van der Waals surface area contributed by atoms with Crippen molar-refractivity contribution in [2.24, 2.45) is 0 Å². The molecule has 8 heteroatoms. The number of aryl methyl sites for hydroxylation is 1. The van der Waals surface area contributed by atoms with Crippen LogP contribution < -0.4 is 5.32 Å². The minimum Gasteiger partial charge on any atom is -0.314 e. The zero-order valence-corrected chi connectivity index (χ0v) is 13.6. The third-order valence-electron chi connectivity index (χ3n) is 3.68. The molecule has 0 radical (unpaired) electrons. The van der Waals surface area contributed by atoms with Gasteiger partial charge < -0.3 is 5.32 Å². The van der Waals surface area contributed by atoms with Gasteiger partial charge in [-0.05, 0) is 37.4 Å². The van der Waals surface area contributed by atoms with Crippen LogP contribution in [0.4, 0.5) is 0 Å². The number of nitrogens with zero attached hydrogens (tertiary/aromatic N) is 2. The predicted molar refractivity (Wildman–Crippen MR) is 81.7 cm³/mol. The molecule has 0 bridgehead atoms. The maximum Gasteiger partial charge on any atom is 0.247 e.